The van der Waals surface area contributed by atoms with Gasteiger partial charge in [0.15, 0.2) is 5.16 Å². The van der Waals surface area contributed by atoms with Gasteiger partial charge in [-0.15, -0.1) is 0 Å². The van der Waals surface area contributed by atoms with Crippen molar-refractivity contribution in [3.8, 4) is 0 Å². The Morgan fingerprint density at radius 1 is 1.33 bits per heavy atom. The molecule has 0 unspecified atom stereocenters. The van der Waals surface area contributed by atoms with E-state index in [4.69, 9.17) is 11.6 Å². The van der Waals surface area contributed by atoms with E-state index in [9.17, 15) is 0 Å². The van der Waals surface area contributed by atoms with Crippen molar-refractivity contribution in [3.63, 3.8) is 0 Å². The van der Waals surface area contributed by atoms with Crippen LogP contribution in [0.25, 0.3) is 0 Å². The molecule has 0 spiro atoms. The van der Waals surface area contributed by atoms with Gasteiger partial charge in [-0.1, -0.05) is 23.4 Å². The van der Waals surface area contributed by atoms with Gasteiger partial charge in [-0.3, -0.25) is 4.57 Å². The van der Waals surface area contributed by atoms with Crippen LogP contribution >= 0.6 is 34.9 Å². The maximum absolute atomic E-state index is 5.86. The number of hydrogen-bond donors (Lipinski definition) is 0. The molecule has 0 radical (unpaired) electrons. The van der Waals surface area contributed by atoms with E-state index in [1.165, 1.54) is 11.5 Å². The predicted molar refractivity (Wildman–Crippen MR) is 76.7 cm³/mol. The van der Waals surface area contributed by atoms with Crippen molar-refractivity contribution in [2.75, 3.05) is 0 Å². The summed E-state index contributed by atoms with van der Waals surface area (Å²) < 4.78 is 6.85. The summed E-state index contributed by atoms with van der Waals surface area (Å²) in [6, 6.07) is 7.54. The Labute approximate surface area is 119 Å². The zero-order valence-corrected chi connectivity index (χ0v) is 12.4. The Hall–Kier alpha value is -0.780. The summed E-state index contributed by atoms with van der Waals surface area (Å²) in [5, 5.41) is 1.80. The topological polar surface area (TPSA) is 30.2 Å². The van der Waals surface area contributed by atoms with E-state index in [-0.39, 0.29) is 4.75 Å². The van der Waals surface area contributed by atoms with Crippen molar-refractivity contribution < 1.29 is 0 Å². The van der Waals surface area contributed by atoms with Crippen LogP contribution in [0.5, 0.6) is 0 Å². The Balaban J connectivity index is 2.02. The molecule has 1 aromatic heterocycles. The van der Waals surface area contributed by atoms with Crippen molar-refractivity contribution in [1.29, 1.82) is 0 Å². The fourth-order valence-electron chi connectivity index (χ4n) is 1.84. The zero-order valence-electron chi connectivity index (χ0n) is 10.1. The number of nitrogens with zero attached hydrogens (tertiary/aromatic N) is 3. The minimum absolute atomic E-state index is 0.209. The molecule has 2 aromatic rings. The third-order valence-electron chi connectivity index (χ3n) is 2.63. The van der Waals surface area contributed by atoms with Crippen LogP contribution in [-0.4, -0.2) is 13.7 Å². The van der Waals surface area contributed by atoms with E-state index in [0.29, 0.717) is 0 Å². The normalized spacial score (nSPS) is 18.1. The monoisotopic (exact) mass is 297 g/mol. The van der Waals surface area contributed by atoms with Gasteiger partial charge in [0.1, 0.15) is 0 Å². The van der Waals surface area contributed by atoms with Crippen molar-refractivity contribution >= 4 is 40.6 Å². The minimum atomic E-state index is 0.209. The van der Waals surface area contributed by atoms with Crippen molar-refractivity contribution in [2.24, 2.45) is 4.99 Å². The highest BCUT2D eigenvalue weighted by Gasteiger charge is 2.31. The van der Waals surface area contributed by atoms with Gasteiger partial charge in [-0.2, -0.15) is 4.37 Å². The standard InChI is InChI=1S/C12H12ClN3S2/c1-12(2)7-16-10(18-15-11(16)17-12)14-9-5-3-8(13)4-6-9/h3-6H,7H2,1-2H3. The van der Waals surface area contributed by atoms with Gasteiger partial charge in [0.25, 0.3) is 0 Å². The molecule has 94 valence electrons. The maximum atomic E-state index is 5.86. The molecule has 6 heteroatoms. The lowest BCUT2D eigenvalue weighted by Crippen LogP contribution is -2.21. The van der Waals surface area contributed by atoms with Gasteiger partial charge in [0.2, 0.25) is 4.80 Å². The van der Waals surface area contributed by atoms with E-state index in [1.54, 1.807) is 0 Å². The van der Waals surface area contributed by atoms with Crippen molar-refractivity contribution in [3.05, 3.63) is 34.1 Å². The van der Waals surface area contributed by atoms with Crippen LogP contribution in [-0.2, 0) is 6.54 Å². The molecule has 0 amide bonds. The van der Waals surface area contributed by atoms with Crippen LogP contribution in [0.1, 0.15) is 13.8 Å². The summed E-state index contributed by atoms with van der Waals surface area (Å²) >= 11 is 9.12. The van der Waals surface area contributed by atoms with Crippen molar-refractivity contribution in [1.82, 2.24) is 8.94 Å². The number of hydrogen-bond acceptors (Lipinski definition) is 4. The number of thioether (sulfide) groups is 1. The molecule has 1 aliphatic rings. The van der Waals surface area contributed by atoms with Crippen LogP contribution in [0.4, 0.5) is 5.69 Å². The summed E-state index contributed by atoms with van der Waals surface area (Å²) in [5.41, 5.74) is 0.910. The molecule has 0 N–H and O–H groups in total. The molecular weight excluding hydrogens is 286 g/mol. The lowest BCUT2D eigenvalue weighted by atomic mass is 10.2. The minimum Gasteiger partial charge on any atom is -0.293 e. The Kier molecular flexibility index (Phi) is 3.00. The maximum Gasteiger partial charge on any atom is 0.210 e. The summed E-state index contributed by atoms with van der Waals surface area (Å²) in [6.45, 7) is 5.40. The number of halogens is 1. The van der Waals surface area contributed by atoms with Gasteiger partial charge < -0.3 is 0 Å². The highest BCUT2D eigenvalue weighted by molar-refractivity contribution is 8.00. The molecule has 3 rings (SSSR count). The van der Waals surface area contributed by atoms with E-state index in [0.717, 1.165) is 27.2 Å². The van der Waals surface area contributed by atoms with Crippen LogP contribution < -0.4 is 4.80 Å². The predicted octanol–water partition coefficient (Wildman–Crippen LogP) is 3.71. The van der Waals surface area contributed by atoms with E-state index < -0.39 is 0 Å². The molecule has 0 saturated carbocycles. The van der Waals surface area contributed by atoms with E-state index in [2.05, 4.69) is 27.8 Å². The van der Waals surface area contributed by atoms with Crippen LogP contribution in [0.15, 0.2) is 34.4 Å². The molecule has 1 aliphatic heterocycles. The molecular formula is C12H12ClN3S2. The van der Waals surface area contributed by atoms with E-state index >= 15 is 0 Å². The largest absolute Gasteiger partial charge is 0.293 e. The Morgan fingerprint density at radius 2 is 2.06 bits per heavy atom. The SMILES string of the molecule is CC1(C)Cn2c(nsc2=Nc2ccc(Cl)cc2)S1. The Morgan fingerprint density at radius 3 is 2.78 bits per heavy atom. The second-order valence-corrected chi connectivity index (χ2v) is 7.63. The summed E-state index contributed by atoms with van der Waals surface area (Å²) in [6.07, 6.45) is 0. The highest BCUT2D eigenvalue weighted by Crippen LogP contribution is 2.38. The Bertz CT molecular complexity index is 640. The third-order valence-corrected chi connectivity index (χ3v) is 4.91. The fourth-order valence-corrected chi connectivity index (χ4v) is 3.88. The van der Waals surface area contributed by atoms with Gasteiger partial charge in [-0.25, -0.2) is 4.99 Å². The molecule has 0 saturated heterocycles. The molecule has 2 heterocycles. The second kappa shape index (κ2) is 4.40. The van der Waals surface area contributed by atoms with Gasteiger partial charge in [-0.05, 0) is 38.1 Å². The molecule has 0 aliphatic carbocycles. The lowest BCUT2D eigenvalue weighted by Gasteiger charge is -2.12. The number of benzene rings is 1. The molecule has 1 aromatic carbocycles. The van der Waals surface area contributed by atoms with Crippen LogP contribution in [0, 0.1) is 0 Å². The third kappa shape index (κ3) is 2.35. The average Bonchev–Trinajstić information content (AvgIpc) is 2.79. The average molecular weight is 298 g/mol. The molecule has 18 heavy (non-hydrogen) atoms. The first-order chi connectivity index (χ1) is 8.53. The summed E-state index contributed by atoms with van der Waals surface area (Å²) in [4.78, 5) is 5.58. The highest BCUT2D eigenvalue weighted by atomic mass is 35.5. The molecule has 0 fully saturated rings. The molecule has 3 nitrogen and oxygen atoms in total. The summed E-state index contributed by atoms with van der Waals surface area (Å²) in [7, 11) is 0. The van der Waals surface area contributed by atoms with Crippen LogP contribution in [0.3, 0.4) is 0 Å². The first-order valence-electron chi connectivity index (χ1n) is 5.59. The number of aromatic nitrogens is 2. The first kappa shape index (κ1) is 12.3. The summed E-state index contributed by atoms with van der Waals surface area (Å²) in [5.74, 6) is 0. The van der Waals surface area contributed by atoms with Crippen LogP contribution in [0.2, 0.25) is 5.02 Å². The van der Waals surface area contributed by atoms with Crippen molar-refractivity contribution in [2.45, 2.75) is 30.3 Å². The van der Waals surface area contributed by atoms with Gasteiger partial charge >= 0.3 is 0 Å². The first-order valence-corrected chi connectivity index (χ1v) is 7.56. The lowest BCUT2D eigenvalue weighted by molar-refractivity contribution is 0.555. The second-order valence-electron chi connectivity index (χ2n) is 4.78. The quantitative estimate of drug-likeness (QED) is 0.803. The van der Waals surface area contributed by atoms with Gasteiger partial charge in [0, 0.05) is 27.8 Å². The van der Waals surface area contributed by atoms with E-state index in [1.807, 2.05) is 36.0 Å². The zero-order chi connectivity index (χ0) is 12.8. The smallest absolute Gasteiger partial charge is 0.210 e. The fraction of sp³-hybridized carbons (Fsp3) is 0.333. The number of fused-ring (bicyclic) bond motifs is 1. The van der Waals surface area contributed by atoms with Gasteiger partial charge in [0.05, 0.1) is 5.69 Å². The molecule has 0 bridgehead atoms. The molecule has 0 atom stereocenters. The number of rotatable bonds is 1.